The molecule has 21 heavy (non-hydrogen) atoms. The number of nitrogens with one attached hydrogen (secondary N) is 1. The third-order valence-corrected chi connectivity index (χ3v) is 4.04. The maximum Gasteiger partial charge on any atom is 0.124 e. The molecular weight excluding hydrogens is 328 g/mol. The molecule has 0 radical (unpaired) electrons. The van der Waals surface area contributed by atoms with Crippen LogP contribution in [0.25, 0.3) is 0 Å². The number of aryl methyl sites for hydroxylation is 1. The molecule has 0 aliphatic heterocycles. The minimum atomic E-state index is -0.118. The van der Waals surface area contributed by atoms with E-state index in [0.717, 1.165) is 27.8 Å². The second-order valence-corrected chi connectivity index (χ2v) is 5.87. The molecule has 0 saturated carbocycles. The lowest BCUT2D eigenvalue weighted by molar-refractivity contribution is 0.311. The van der Waals surface area contributed by atoms with Gasteiger partial charge in [-0.05, 0) is 31.0 Å². The number of benzene rings is 2. The lowest BCUT2D eigenvalue weighted by Crippen LogP contribution is -2.29. The summed E-state index contributed by atoms with van der Waals surface area (Å²) in [6.07, 6.45) is 0.975. The van der Waals surface area contributed by atoms with Crippen LogP contribution in [0.3, 0.4) is 0 Å². The van der Waals surface area contributed by atoms with E-state index in [1.54, 1.807) is 0 Å². The summed E-state index contributed by atoms with van der Waals surface area (Å²) in [7, 11) is 0. The van der Waals surface area contributed by atoms with Gasteiger partial charge in [-0.1, -0.05) is 58.7 Å². The van der Waals surface area contributed by atoms with Crippen molar-refractivity contribution in [2.45, 2.75) is 26.3 Å². The molecule has 112 valence electrons. The molecular formula is C17H21BrN2O. The molecule has 0 spiro atoms. The number of hydrogen-bond acceptors (Lipinski definition) is 3. The topological polar surface area (TPSA) is 47.3 Å². The van der Waals surface area contributed by atoms with Gasteiger partial charge in [-0.15, -0.1) is 0 Å². The van der Waals surface area contributed by atoms with Gasteiger partial charge in [0.1, 0.15) is 5.75 Å². The van der Waals surface area contributed by atoms with E-state index < -0.39 is 0 Å². The van der Waals surface area contributed by atoms with E-state index in [9.17, 15) is 0 Å². The highest BCUT2D eigenvalue weighted by Gasteiger charge is 2.19. The Morgan fingerprint density at radius 3 is 2.67 bits per heavy atom. The molecule has 4 heteroatoms. The van der Waals surface area contributed by atoms with Gasteiger partial charge in [-0.3, -0.25) is 5.84 Å². The first-order valence-corrected chi connectivity index (χ1v) is 7.90. The summed E-state index contributed by atoms with van der Waals surface area (Å²) in [5.74, 6) is 6.70. The molecule has 0 heterocycles. The maximum atomic E-state index is 5.85. The predicted molar refractivity (Wildman–Crippen MR) is 90.3 cm³/mol. The Morgan fingerprint density at radius 1 is 1.19 bits per heavy atom. The molecule has 0 fully saturated rings. The zero-order chi connectivity index (χ0) is 15.2. The molecule has 0 bridgehead atoms. The molecule has 0 aliphatic carbocycles. The SMILES string of the molecule is CCCOc1ccccc1C(NN)c1cc(C)ccc1Br. The van der Waals surface area contributed by atoms with Crippen LogP contribution in [0.2, 0.25) is 0 Å². The fourth-order valence-corrected chi connectivity index (χ4v) is 2.77. The van der Waals surface area contributed by atoms with E-state index in [1.165, 1.54) is 5.56 Å². The van der Waals surface area contributed by atoms with Crippen molar-refractivity contribution in [3.8, 4) is 5.75 Å². The predicted octanol–water partition coefficient (Wildman–Crippen LogP) is 4.10. The number of nitrogens with two attached hydrogens (primary N) is 1. The largest absolute Gasteiger partial charge is 0.493 e. The van der Waals surface area contributed by atoms with E-state index in [1.807, 2.05) is 30.3 Å². The van der Waals surface area contributed by atoms with E-state index in [0.29, 0.717) is 6.61 Å². The number of hydrogen-bond donors (Lipinski definition) is 2. The van der Waals surface area contributed by atoms with Gasteiger partial charge in [-0.25, -0.2) is 5.43 Å². The zero-order valence-electron chi connectivity index (χ0n) is 12.4. The Balaban J connectivity index is 2.44. The van der Waals surface area contributed by atoms with Crippen LogP contribution in [0, 0.1) is 6.92 Å². The third-order valence-electron chi connectivity index (χ3n) is 3.32. The molecule has 0 amide bonds. The van der Waals surface area contributed by atoms with Crippen molar-refractivity contribution < 1.29 is 4.74 Å². The second-order valence-electron chi connectivity index (χ2n) is 5.01. The summed E-state index contributed by atoms with van der Waals surface area (Å²) in [6.45, 7) is 4.87. The van der Waals surface area contributed by atoms with Gasteiger partial charge in [0, 0.05) is 10.0 Å². The standard InChI is InChI=1S/C17H21BrN2O/c1-3-10-21-16-7-5-4-6-13(16)17(20-19)14-11-12(2)8-9-15(14)18/h4-9,11,17,20H,3,10,19H2,1-2H3. The van der Waals surface area contributed by atoms with Crippen LogP contribution in [0.4, 0.5) is 0 Å². The first-order chi connectivity index (χ1) is 10.2. The zero-order valence-corrected chi connectivity index (χ0v) is 14.0. The normalized spacial score (nSPS) is 12.2. The van der Waals surface area contributed by atoms with Gasteiger partial charge >= 0.3 is 0 Å². The monoisotopic (exact) mass is 348 g/mol. The van der Waals surface area contributed by atoms with Crippen LogP contribution in [0.5, 0.6) is 5.75 Å². The maximum absolute atomic E-state index is 5.85. The number of hydrazine groups is 1. The van der Waals surface area contributed by atoms with Gasteiger partial charge in [-0.2, -0.15) is 0 Å². The van der Waals surface area contributed by atoms with Crippen LogP contribution in [-0.4, -0.2) is 6.61 Å². The van der Waals surface area contributed by atoms with Crippen molar-refractivity contribution in [3.05, 3.63) is 63.6 Å². The minimum Gasteiger partial charge on any atom is -0.493 e. The number of ether oxygens (including phenoxy) is 1. The van der Waals surface area contributed by atoms with Crippen LogP contribution in [-0.2, 0) is 0 Å². The minimum absolute atomic E-state index is 0.118. The van der Waals surface area contributed by atoms with Crippen LogP contribution >= 0.6 is 15.9 Å². The molecule has 1 atom stereocenters. The second kappa shape index (κ2) is 7.59. The quantitative estimate of drug-likeness (QED) is 0.610. The number of rotatable bonds is 6. The van der Waals surface area contributed by atoms with E-state index in [4.69, 9.17) is 10.6 Å². The molecule has 3 N–H and O–H groups in total. The van der Waals surface area contributed by atoms with E-state index >= 15 is 0 Å². The highest BCUT2D eigenvalue weighted by molar-refractivity contribution is 9.10. The molecule has 1 unspecified atom stereocenters. The average Bonchev–Trinajstić information content (AvgIpc) is 2.50. The number of para-hydroxylation sites is 1. The highest BCUT2D eigenvalue weighted by atomic mass is 79.9. The van der Waals surface area contributed by atoms with Crippen molar-refractivity contribution in [2.75, 3.05) is 6.61 Å². The summed E-state index contributed by atoms with van der Waals surface area (Å²) in [4.78, 5) is 0. The highest BCUT2D eigenvalue weighted by Crippen LogP contribution is 2.33. The van der Waals surface area contributed by atoms with Gasteiger partial charge in [0.05, 0.1) is 12.6 Å². The first-order valence-electron chi connectivity index (χ1n) is 7.11. The first kappa shape index (κ1) is 16.0. The fourth-order valence-electron chi connectivity index (χ4n) is 2.29. The van der Waals surface area contributed by atoms with Crippen molar-refractivity contribution in [1.82, 2.24) is 5.43 Å². The van der Waals surface area contributed by atoms with Crippen LogP contribution < -0.4 is 16.0 Å². The summed E-state index contributed by atoms with van der Waals surface area (Å²) in [6, 6.07) is 14.1. The van der Waals surface area contributed by atoms with E-state index in [2.05, 4.69) is 47.3 Å². The van der Waals surface area contributed by atoms with Gasteiger partial charge in [0.2, 0.25) is 0 Å². The Labute approximate surface area is 134 Å². The van der Waals surface area contributed by atoms with Crippen molar-refractivity contribution in [3.63, 3.8) is 0 Å². The van der Waals surface area contributed by atoms with Gasteiger partial charge < -0.3 is 4.74 Å². The number of halogens is 1. The third kappa shape index (κ3) is 3.84. The summed E-state index contributed by atoms with van der Waals surface area (Å²) < 4.78 is 6.88. The fraction of sp³-hybridized carbons (Fsp3) is 0.294. The van der Waals surface area contributed by atoms with Crippen LogP contribution in [0.15, 0.2) is 46.9 Å². The molecule has 0 aliphatic rings. The lowest BCUT2D eigenvalue weighted by atomic mass is 9.97. The molecule has 2 aromatic rings. The Morgan fingerprint density at radius 2 is 1.95 bits per heavy atom. The molecule has 2 rings (SSSR count). The van der Waals surface area contributed by atoms with Crippen molar-refractivity contribution in [1.29, 1.82) is 0 Å². The Kier molecular flexibility index (Phi) is 5.79. The summed E-state index contributed by atoms with van der Waals surface area (Å²) in [5.41, 5.74) is 6.25. The summed E-state index contributed by atoms with van der Waals surface area (Å²) in [5, 5.41) is 0. The smallest absolute Gasteiger partial charge is 0.124 e. The average molecular weight is 349 g/mol. The molecule has 3 nitrogen and oxygen atoms in total. The molecule has 0 saturated heterocycles. The lowest BCUT2D eigenvalue weighted by Gasteiger charge is -2.21. The Bertz CT molecular complexity index is 601. The van der Waals surface area contributed by atoms with E-state index in [-0.39, 0.29) is 6.04 Å². The van der Waals surface area contributed by atoms with Crippen LogP contribution in [0.1, 0.15) is 36.1 Å². The van der Waals surface area contributed by atoms with Crippen molar-refractivity contribution >= 4 is 15.9 Å². The van der Waals surface area contributed by atoms with Gasteiger partial charge in [0.15, 0.2) is 0 Å². The summed E-state index contributed by atoms with van der Waals surface area (Å²) >= 11 is 3.61. The van der Waals surface area contributed by atoms with Crippen molar-refractivity contribution in [2.24, 2.45) is 5.84 Å². The van der Waals surface area contributed by atoms with Gasteiger partial charge in [0.25, 0.3) is 0 Å². The molecule has 2 aromatic carbocycles. The molecule has 0 aromatic heterocycles. The Hall–Kier alpha value is -1.36.